The average Bonchev–Trinajstić information content (AvgIpc) is 2.68. The van der Waals surface area contributed by atoms with Crippen molar-refractivity contribution in [1.82, 2.24) is 9.97 Å². The van der Waals surface area contributed by atoms with Crippen molar-refractivity contribution in [3.05, 3.63) is 52.6 Å². The van der Waals surface area contributed by atoms with E-state index in [-0.39, 0.29) is 0 Å². The molecular formula is C19H18BrN5O2. The zero-order chi connectivity index (χ0) is 18.8. The topological polar surface area (TPSA) is 93.4 Å². The van der Waals surface area contributed by atoms with Gasteiger partial charge >= 0.3 is 0 Å². The third kappa shape index (κ3) is 4.01. The molecule has 1 saturated heterocycles. The molecule has 1 aliphatic rings. The molecule has 0 aliphatic carbocycles. The maximum atomic E-state index is 11.8. The van der Waals surface area contributed by atoms with Crippen molar-refractivity contribution in [2.24, 2.45) is 5.73 Å². The van der Waals surface area contributed by atoms with Crippen LogP contribution in [0, 0.1) is 0 Å². The highest BCUT2D eigenvalue weighted by molar-refractivity contribution is 9.10. The molecule has 0 spiro atoms. The number of nitrogens with one attached hydrogen (secondary N) is 1. The Bertz CT molecular complexity index is 1000. The molecule has 1 aliphatic heterocycles. The molecule has 3 aromatic rings. The predicted octanol–water partition coefficient (Wildman–Crippen LogP) is 3.07. The van der Waals surface area contributed by atoms with Gasteiger partial charge in [-0.1, -0.05) is 15.9 Å². The summed E-state index contributed by atoms with van der Waals surface area (Å²) in [4.78, 5) is 22.8. The molecule has 138 valence electrons. The second-order valence-electron chi connectivity index (χ2n) is 6.25. The van der Waals surface area contributed by atoms with Gasteiger partial charge in [-0.3, -0.25) is 4.79 Å². The van der Waals surface area contributed by atoms with Crippen molar-refractivity contribution in [2.45, 2.75) is 0 Å². The van der Waals surface area contributed by atoms with Gasteiger partial charge in [-0.05, 0) is 36.4 Å². The molecule has 2 aromatic carbocycles. The van der Waals surface area contributed by atoms with Gasteiger partial charge in [0.1, 0.15) is 0 Å². The maximum absolute atomic E-state index is 11.8. The summed E-state index contributed by atoms with van der Waals surface area (Å²) in [6.45, 7) is 2.85. The van der Waals surface area contributed by atoms with Gasteiger partial charge in [0.15, 0.2) is 0 Å². The second-order valence-corrected chi connectivity index (χ2v) is 7.17. The van der Waals surface area contributed by atoms with Crippen LogP contribution >= 0.6 is 15.9 Å². The lowest BCUT2D eigenvalue weighted by Crippen LogP contribution is -2.36. The lowest BCUT2D eigenvalue weighted by atomic mass is 10.1. The van der Waals surface area contributed by atoms with Crippen molar-refractivity contribution < 1.29 is 9.53 Å². The number of halogens is 1. The van der Waals surface area contributed by atoms with E-state index in [4.69, 9.17) is 10.5 Å². The summed E-state index contributed by atoms with van der Waals surface area (Å²) in [6, 6.07) is 11.3. The molecule has 3 N–H and O–H groups in total. The Labute approximate surface area is 164 Å². The van der Waals surface area contributed by atoms with E-state index in [1.807, 2.05) is 24.3 Å². The molecule has 8 heteroatoms. The fourth-order valence-electron chi connectivity index (χ4n) is 3.02. The minimum atomic E-state index is -0.475. The monoisotopic (exact) mass is 427 g/mol. The number of nitrogens with two attached hydrogens (primary N) is 1. The van der Waals surface area contributed by atoms with Crippen molar-refractivity contribution in [2.75, 3.05) is 36.5 Å². The van der Waals surface area contributed by atoms with Crippen molar-refractivity contribution in [3.63, 3.8) is 0 Å². The van der Waals surface area contributed by atoms with Crippen LogP contribution < -0.4 is 16.0 Å². The SMILES string of the molecule is NC(=O)c1cc(Nc2ncc3cc(Br)ccc3n2)cc(N2CCOCC2)c1. The highest BCUT2D eigenvalue weighted by Gasteiger charge is 2.15. The van der Waals surface area contributed by atoms with Crippen molar-refractivity contribution in [1.29, 1.82) is 0 Å². The number of amides is 1. The van der Waals surface area contributed by atoms with Crippen LogP contribution in [0.25, 0.3) is 10.9 Å². The van der Waals surface area contributed by atoms with Crippen LogP contribution in [0.15, 0.2) is 47.1 Å². The summed E-state index contributed by atoms with van der Waals surface area (Å²) < 4.78 is 6.38. The molecular weight excluding hydrogens is 410 g/mol. The van der Waals surface area contributed by atoms with Crippen molar-refractivity contribution in [3.8, 4) is 0 Å². The van der Waals surface area contributed by atoms with Gasteiger partial charge in [-0.2, -0.15) is 0 Å². The lowest BCUT2D eigenvalue weighted by molar-refractivity contribution is 0.100. The Morgan fingerprint density at radius 1 is 1.19 bits per heavy atom. The summed E-state index contributed by atoms with van der Waals surface area (Å²) in [6.07, 6.45) is 1.76. The number of morpholine rings is 1. The Kier molecular flexibility index (Phi) is 4.91. The van der Waals surface area contributed by atoms with E-state index in [1.165, 1.54) is 0 Å². The van der Waals surface area contributed by atoms with Gasteiger partial charge in [0, 0.05) is 46.1 Å². The fourth-order valence-corrected chi connectivity index (χ4v) is 3.40. The number of carbonyl (C=O) groups excluding carboxylic acids is 1. The zero-order valence-corrected chi connectivity index (χ0v) is 16.1. The van der Waals surface area contributed by atoms with E-state index in [0.29, 0.717) is 30.4 Å². The molecule has 4 rings (SSSR count). The fraction of sp³-hybridized carbons (Fsp3) is 0.211. The minimum absolute atomic E-state index is 0.436. The van der Waals surface area contributed by atoms with E-state index in [2.05, 4.69) is 36.1 Å². The molecule has 0 saturated carbocycles. The van der Waals surface area contributed by atoms with Gasteiger partial charge in [-0.15, -0.1) is 0 Å². The Hall–Kier alpha value is -2.71. The number of anilines is 3. The largest absolute Gasteiger partial charge is 0.378 e. The van der Waals surface area contributed by atoms with E-state index in [9.17, 15) is 4.79 Å². The third-order valence-electron chi connectivity index (χ3n) is 4.38. The molecule has 1 fully saturated rings. The minimum Gasteiger partial charge on any atom is -0.378 e. The van der Waals surface area contributed by atoms with Crippen LogP contribution in [-0.2, 0) is 4.74 Å². The number of benzene rings is 2. The van der Waals surface area contributed by atoms with Gasteiger partial charge in [0.2, 0.25) is 11.9 Å². The smallest absolute Gasteiger partial charge is 0.248 e. The molecule has 1 aromatic heterocycles. The number of fused-ring (bicyclic) bond motifs is 1. The average molecular weight is 428 g/mol. The van der Waals surface area contributed by atoms with E-state index >= 15 is 0 Å². The summed E-state index contributed by atoms with van der Waals surface area (Å²) in [5, 5.41) is 4.13. The molecule has 0 bridgehead atoms. The van der Waals surface area contributed by atoms with Crippen LogP contribution in [-0.4, -0.2) is 42.2 Å². The maximum Gasteiger partial charge on any atom is 0.248 e. The summed E-state index contributed by atoms with van der Waals surface area (Å²) in [5.41, 5.74) is 8.41. The van der Waals surface area contributed by atoms with E-state index < -0.39 is 5.91 Å². The quantitative estimate of drug-likeness (QED) is 0.664. The van der Waals surface area contributed by atoms with Crippen LogP contribution in [0.4, 0.5) is 17.3 Å². The van der Waals surface area contributed by atoms with Crippen LogP contribution in [0.1, 0.15) is 10.4 Å². The summed E-state index contributed by atoms with van der Waals surface area (Å²) in [7, 11) is 0. The standard InChI is InChI=1S/C19H18BrN5O2/c20-14-1-2-17-13(7-14)11-22-19(24-17)23-15-8-12(18(21)26)9-16(10-15)25-3-5-27-6-4-25/h1-2,7-11H,3-6H2,(H2,21,26)(H,22,23,24). The van der Waals surface area contributed by atoms with Gasteiger partial charge in [0.25, 0.3) is 0 Å². The Morgan fingerprint density at radius 2 is 2.00 bits per heavy atom. The Balaban J connectivity index is 1.67. The Morgan fingerprint density at radius 3 is 2.78 bits per heavy atom. The first-order valence-corrected chi connectivity index (χ1v) is 9.35. The van der Waals surface area contributed by atoms with Crippen LogP contribution in [0.5, 0.6) is 0 Å². The second kappa shape index (κ2) is 7.50. The molecule has 0 radical (unpaired) electrons. The molecule has 27 heavy (non-hydrogen) atoms. The number of carbonyl (C=O) groups is 1. The molecule has 7 nitrogen and oxygen atoms in total. The van der Waals surface area contributed by atoms with E-state index in [1.54, 1.807) is 18.3 Å². The van der Waals surface area contributed by atoms with Gasteiger partial charge in [-0.25, -0.2) is 9.97 Å². The highest BCUT2D eigenvalue weighted by Crippen LogP contribution is 2.26. The number of rotatable bonds is 4. The third-order valence-corrected chi connectivity index (χ3v) is 4.87. The number of aromatic nitrogens is 2. The number of ether oxygens (including phenoxy) is 1. The summed E-state index contributed by atoms with van der Waals surface area (Å²) in [5.74, 6) is -0.0168. The number of hydrogen-bond acceptors (Lipinski definition) is 6. The summed E-state index contributed by atoms with van der Waals surface area (Å²) >= 11 is 3.44. The number of primary amides is 1. The van der Waals surface area contributed by atoms with E-state index in [0.717, 1.165) is 34.2 Å². The predicted molar refractivity (Wildman–Crippen MR) is 109 cm³/mol. The van der Waals surface area contributed by atoms with Gasteiger partial charge in [0.05, 0.1) is 18.7 Å². The first kappa shape index (κ1) is 17.7. The molecule has 0 atom stereocenters. The normalized spacial score (nSPS) is 14.3. The number of nitrogens with zero attached hydrogens (tertiary/aromatic N) is 3. The zero-order valence-electron chi connectivity index (χ0n) is 14.5. The van der Waals surface area contributed by atoms with Gasteiger partial charge < -0.3 is 20.7 Å². The van der Waals surface area contributed by atoms with Crippen molar-refractivity contribution >= 4 is 50.1 Å². The highest BCUT2D eigenvalue weighted by atomic mass is 79.9. The molecule has 0 unspecified atom stereocenters. The first-order valence-electron chi connectivity index (χ1n) is 8.55. The van der Waals surface area contributed by atoms with Crippen LogP contribution in [0.2, 0.25) is 0 Å². The number of hydrogen-bond donors (Lipinski definition) is 2. The molecule has 2 heterocycles. The molecule has 1 amide bonds. The lowest BCUT2D eigenvalue weighted by Gasteiger charge is -2.29. The van der Waals surface area contributed by atoms with Crippen LogP contribution in [0.3, 0.4) is 0 Å². The first-order chi connectivity index (χ1) is 13.1.